The Kier molecular flexibility index (Phi) is 4.02. The molecule has 0 saturated heterocycles. The van der Waals surface area contributed by atoms with Crippen LogP contribution in [0.5, 0.6) is 0 Å². The molecule has 1 aromatic rings. The summed E-state index contributed by atoms with van der Waals surface area (Å²) < 4.78 is 0. The quantitative estimate of drug-likeness (QED) is 0.598. The number of benzene rings is 1. The minimum absolute atomic E-state index is 0.141. The molecule has 1 fully saturated rings. The smallest absolute Gasteiger partial charge is 0.122 e. The van der Waals surface area contributed by atoms with Crippen molar-refractivity contribution in [2.24, 2.45) is 11.7 Å². The fourth-order valence-corrected chi connectivity index (χ4v) is 2.28. The summed E-state index contributed by atoms with van der Waals surface area (Å²) in [7, 11) is 0. The van der Waals surface area contributed by atoms with Gasteiger partial charge >= 0.3 is 0 Å². The fourth-order valence-electron chi connectivity index (χ4n) is 2.28. The topological polar surface area (TPSA) is 53.1 Å². The first-order valence-corrected chi connectivity index (χ1v) is 6.73. The molecular weight excluding hydrogens is 222 g/mol. The van der Waals surface area contributed by atoms with Crippen molar-refractivity contribution in [2.45, 2.75) is 39.3 Å². The van der Waals surface area contributed by atoms with E-state index in [0.29, 0.717) is 5.92 Å². The second-order valence-electron chi connectivity index (χ2n) is 5.67. The van der Waals surface area contributed by atoms with Crippen LogP contribution in [0.1, 0.15) is 37.8 Å². The van der Waals surface area contributed by atoms with Crippen molar-refractivity contribution < 1.29 is 0 Å². The summed E-state index contributed by atoms with van der Waals surface area (Å²) in [6.45, 7) is 6.72. The zero-order valence-corrected chi connectivity index (χ0v) is 11.3. The lowest BCUT2D eigenvalue weighted by molar-refractivity contribution is 0.226. The van der Waals surface area contributed by atoms with Crippen molar-refractivity contribution >= 4 is 5.84 Å². The molecule has 0 radical (unpaired) electrons. The number of nitrogens with one attached hydrogen (secondary N) is 1. The van der Waals surface area contributed by atoms with Gasteiger partial charge in [0.05, 0.1) is 0 Å². The van der Waals surface area contributed by atoms with Gasteiger partial charge in [0.1, 0.15) is 5.84 Å². The van der Waals surface area contributed by atoms with Crippen molar-refractivity contribution in [3.05, 3.63) is 35.4 Å². The molecule has 0 amide bonds. The molecule has 0 spiro atoms. The van der Waals surface area contributed by atoms with Gasteiger partial charge in [-0.05, 0) is 24.3 Å². The van der Waals surface area contributed by atoms with E-state index < -0.39 is 0 Å². The van der Waals surface area contributed by atoms with Crippen molar-refractivity contribution in [2.75, 3.05) is 6.54 Å². The summed E-state index contributed by atoms with van der Waals surface area (Å²) in [5.74, 6) is 0.852. The number of nitrogen functional groups attached to an aromatic ring is 1. The van der Waals surface area contributed by atoms with Crippen LogP contribution in [0.3, 0.4) is 0 Å². The Morgan fingerprint density at radius 2 is 1.94 bits per heavy atom. The molecule has 0 bridgehead atoms. The molecule has 2 rings (SSSR count). The van der Waals surface area contributed by atoms with E-state index in [2.05, 4.69) is 30.9 Å². The van der Waals surface area contributed by atoms with E-state index in [1.165, 1.54) is 24.9 Å². The van der Waals surface area contributed by atoms with Crippen LogP contribution >= 0.6 is 0 Å². The molecule has 0 unspecified atom stereocenters. The summed E-state index contributed by atoms with van der Waals surface area (Å²) in [6.07, 6.45) is 2.69. The second kappa shape index (κ2) is 5.53. The van der Waals surface area contributed by atoms with Gasteiger partial charge in [0.15, 0.2) is 0 Å². The highest BCUT2D eigenvalue weighted by molar-refractivity contribution is 5.94. The second-order valence-corrected chi connectivity index (χ2v) is 5.67. The Bertz CT molecular complexity index is 404. The maximum absolute atomic E-state index is 7.39. The monoisotopic (exact) mass is 245 g/mol. The largest absolute Gasteiger partial charge is 0.384 e. The molecule has 3 heteroatoms. The normalized spacial score (nSPS) is 15.3. The van der Waals surface area contributed by atoms with Crippen LogP contribution in [0, 0.1) is 11.3 Å². The third kappa shape index (κ3) is 3.57. The SMILES string of the molecule is CC(C)CN(Cc1ccc(C(=N)N)cc1)C1CC1. The van der Waals surface area contributed by atoms with Gasteiger partial charge in [-0.25, -0.2) is 0 Å². The van der Waals surface area contributed by atoms with E-state index in [-0.39, 0.29) is 5.84 Å². The van der Waals surface area contributed by atoms with Gasteiger partial charge in [0, 0.05) is 24.7 Å². The number of nitrogens with two attached hydrogens (primary N) is 1. The average molecular weight is 245 g/mol. The Morgan fingerprint density at radius 1 is 1.33 bits per heavy atom. The number of hydrogen-bond acceptors (Lipinski definition) is 2. The van der Waals surface area contributed by atoms with E-state index in [4.69, 9.17) is 11.1 Å². The molecule has 3 N–H and O–H groups in total. The summed E-state index contributed by atoms with van der Waals surface area (Å²) in [5.41, 5.74) is 7.58. The summed E-state index contributed by atoms with van der Waals surface area (Å²) in [4.78, 5) is 2.58. The minimum atomic E-state index is 0.141. The highest BCUT2D eigenvalue weighted by atomic mass is 15.2. The molecule has 0 heterocycles. The van der Waals surface area contributed by atoms with Crippen LogP contribution < -0.4 is 5.73 Å². The zero-order valence-electron chi connectivity index (χ0n) is 11.3. The lowest BCUT2D eigenvalue weighted by Crippen LogP contribution is -2.29. The maximum Gasteiger partial charge on any atom is 0.122 e. The van der Waals surface area contributed by atoms with E-state index in [1.54, 1.807) is 0 Å². The Hall–Kier alpha value is -1.35. The van der Waals surface area contributed by atoms with Crippen LogP contribution in [0.2, 0.25) is 0 Å². The molecular formula is C15H23N3. The highest BCUT2D eigenvalue weighted by Crippen LogP contribution is 2.29. The van der Waals surface area contributed by atoms with Crippen molar-refractivity contribution in [3.8, 4) is 0 Å². The van der Waals surface area contributed by atoms with Gasteiger partial charge in [-0.15, -0.1) is 0 Å². The van der Waals surface area contributed by atoms with Crippen molar-refractivity contribution in [1.82, 2.24) is 4.90 Å². The van der Waals surface area contributed by atoms with Crippen LogP contribution in [-0.4, -0.2) is 23.3 Å². The molecule has 0 aromatic heterocycles. The lowest BCUT2D eigenvalue weighted by atomic mass is 10.1. The van der Waals surface area contributed by atoms with Crippen LogP contribution in [-0.2, 0) is 6.54 Å². The maximum atomic E-state index is 7.39. The van der Waals surface area contributed by atoms with Crippen LogP contribution in [0.25, 0.3) is 0 Å². The average Bonchev–Trinajstić information content (AvgIpc) is 3.12. The predicted molar refractivity (Wildman–Crippen MR) is 75.7 cm³/mol. The molecule has 1 saturated carbocycles. The lowest BCUT2D eigenvalue weighted by Gasteiger charge is -2.24. The number of rotatable bonds is 6. The minimum Gasteiger partial charge on any atom is -0.384 e. The van der Waals surface area contributed by atoms with Gasteiger partial charge in [-0.2, -0.15) is 0 Å². The van der Waals surface area contributed by atoms with E-state index in [0.717, 1.165) is 18.2 Å². The zero-order chi connectivity index (χ0) is 13.1. The number of amidine groups is 1. The molecule has 98 valence electrons. The van der Waals surface area contributed by atoms with E-state index >= 15 is 0 Å². The summed E-state index contributed by atoms with van der Waals surface area (Å²) in [5, 5.41) is 7.39. The molecule has 1 aromatic carbocycles. The first-order valence-electron chi connectivity index (χ1n) is 6.73. The Labute approximate surface area is 109 Å². The van der Waals surface area contributed by atoms with Gasteiger partial charge in [-0.3, -0.25) is 10.3 Å². The van der Waals surface area contributed by atoms with Gasteiger partial charge < -0.3 is 5.73 Å². The predicted octanol–water partition coefficient (Wildman–Crippen LogP) is 2.59. The first-order chi connectivity index (χ1) is 8.56. The molecule has 0 aliphatic heterocycles. The van der Waals surface area contributed by atoms with Crippen LogP contribution in [0.15, 0.2) is 24.3 Å². The third-order valence-corrected chi connectivity index (χ3v) is 3.31. The molecule has 0 atom stereocenters. The molecule has 3 nitrogen and oxygen atoms in total. The van der Waals surface area contributed by atoms with Crippen molar-refractivity contribution in [1.29, 1.82) is 5.41 Å². The summed E-state index contributed by atoms with van der Waals surface area (Å²) >= 11 is 0. The van der Waals surface area contributed by atoms with Crippen LogP contribution in [0.4, 0.5) is 0 Å². The Morgan fingerprint density at radius 3 is 2.39 bits per heavy atom. The molecule has 1 aliphatic rings. The third-order valence-electron chi connectivity index (χ3n) is 3.31. The summed E-state index contributed by atoms with van der Waals surface area (Å²) in [6, 6.07) is 8.86. The van der Waals surface area contributed by atoms with Gasteiger partial charge in [0.25, 0.3) is 0 Å². The standard InChI is InChI=1S/C15H23N3/c1-11(2)9-18(14-7-8-14)10-12-3-5-13(6-4-12)15(16)17/h3-6,11,14H,7-10H2,1-2H3,(H3,16,17). The van der Waals surface area contributed by atoms with E-state index in [1.807, 2.05) is 12.1 Å². The number of nitrogens with zero attached hydrogens (tertiary/aromatic N) is 1. The fraction of sp³-hybridized carbons (Fsp3) is 0.533. The number of hydrogen-bond donors (Lipinski definition) is 2. The first kappa shape index (κ1) is 13.1. The Balaban J connectivity index is 1.99. The highest BCUT2D eigenvalue weighted by Gasteiger charge is 2.29. The molecule has 18 heavy (non-hydrogen) atoms. The molecule has 1 aliphatic carbocycles. The van der Waals surface area contributed by atoms with E-state index in [9.17, 15) is 0 Å². The van der Waals surface area contributed by atoms with Gasteiger partial charge in [-0.1, -0.05) is 38.1 Å². The van der Waals surface area contributed by atoms with Gasteiger partial charge in [0.2, 0.25) is 0 Å². The van der Waals surface area contributed by atoms with Crippen molar-refractivity contribution in [3.63, 3.8) is 0 Å².